The molecule has 22 heavy (non-hydrogen) atoms. The van der Waals surface area contributed by atoms with Crippen LogP contribution in [0.15, 0.2) is 0 Å². The summed E-state index contributed by atoms with van der Waals surface area (Å²) < 4.78 is 10.7. The molecule has 1 saturated carbocycles. The molecule has 2 aliphatic rings. The zero-order chi connectivity index (χ0) is 16.6. The van der Waals surface area contributed by atoms with Crippen molar-refractivity contribution in [3.8, 4) is 0 Å². The first-order valence-electron chi connectivity index (χ1n) is 7.18. The summed E-state index contributed by atoms with van der Waals surface area (Å²) in [6.07, 6.45) is -8.38. The van der Waals surface area contributed by atoms with E-state index in [1.165, 1.54) is 0 Å². The number of hydrogen-bond donors (Lipinski definition) is 8. The molecule has 130 valence electrons. The van der Waals surface area contributed by atoms with E-state index in [1.54, 1.807) is 0 Å². The lowest BCUT2D eigenvalue weighted by Crippen LogP contribution is -2.67. The molecule has 10 nitrogen and oxygen atoms in total. The van der Waals surface area contributed by atoms with Crippen molar-refractivity contribution in [2.24, 2.45) is 17.2 Å². The van der Waals surface area contributed by atoms with Crippen LogP contribution in [0.4, 0.5) is 0 Å². The Morgan fingerprint density at radius 1 is 0.909 bits per heavy atom. The number of hydrogen-bond acceptors (Lipinski definition) is 10. The molecule has 2 fully saturated rings. The topological polar surface area (TPSA) is 198 Å². The lowest BCUT2D eigenvalue weighted by Gasteiger charge is -2.45. The van der Waals surface area contributed by atoms with Gasteiger partial charge >= 0.3 is 0 Å². The molecule has 0 unspecified atom stereocenters. The summed E-state index contributed by atoms with van der Waals surface area (Å²) in [6, 6.07) is -2.46. The Labute approximate surface area is 127 Å². The maximum atomic E-state index is 10.0. The van der Waals surface area contributed by atoms with Gasteiger partial charge in [-0.15, -0.1) is 0 Å². The van der Waals surface area contributed by atoms with Gasteiger partial charge in [0.1, 0.15) is 30.5 Å². The van der Waals surface area contributed by atoms with E-state index in [-0.39, 0.29) is 6.42 Å². The summed E-state index contributed by atoms with van der Waals surface area (Å²) in [5, 5.41) is 48.8. The van der Waals surface area contributed by atoms with E-state index in [1.807, 2.05) is 0 Å². The average Bonchev–Trinajstić information content (AvgIpc) is 2.49. The molecule has 1 aliphatic carbocycles. The summed E-state index contributed by atoms with van der Waals surface area (Å²) in [7, 11) is 0. The van der Waals surface area contributed by atoms with Gasteiger partial charge in [0.15, 0.2) is 6.29 Å². The molecule has 0 aromatic heterocycles. The summed E-state index contributed by atoms with van der Waals surface area (Å²) in [6.45, 7) is -0.520. The average molecular weight is 323 g/mol. The second-order valence-electron chi connectivity index (χ2n) is 5.93. The van der Waals surface area contributed by atoms with Crippen LogP contribution >= 0.6 is 0 Å². The van der Waals surface area contributed by atoms with E-state index in [2.05, 4.69) is 0 Å². The molecular formula is C12H25N3O7. The van der Waals surface area contributed by atoms with Crippen LogP contribution in [0.3, 0.4) is 0 Å². The van der Waals surface area contributed by atoms with Crippen molar-refractivity contribution in [2.75, 3.05) is 6.61 Å². The van der Waals surface area contributed by atoms with Crippen LogP contribution in [-0.2, 0) is 9.47 Å². The number of aliphatic hydroxyl groups excluding tert-OH is 5. The first-order chi connectivity index (χ1) is 10.3. The third kappa shape index (κ3) is 3.26. The van der Waals surface area contributed by atoms with Crippen LogP contribution in [0.5, 0.6) is 0 Å². The number of nitrogens with two attached hydrogens (primary N) is 3. The third-order valence-electron chi connectivity index (χ3n) is 4.32. The first kappa shape index (κ1) is 17.9. The van der Waals surface area contributed by atoms with Crippen molar-refractivity contribution in [1.82, 2.24) is 0 Å². The van der Waals surface area contributed by atoms with Gasteiger partial charge in [-0.25, -0.2) is 0 Å². The van der Waals surface area contributed by atoms with Crippen LogP contribution in [0.2, 0.25) is 0 Å². The molecule has 10 heteroatoms. The fraction of sp³-hybridized carbons (Fsp3) is 1.00. The lowest BCUT2D eigenvalue weighted by molar-refractivity contribution is -0.304. The van der Waals surface area contributed by atoms with Crippen LogP contribution in [0.25, 0.3) is 0 Å². The van der Waals surface area contributed by atoms with Crippen LogP contribution in [0.1, 0.15) is 6.42 Å². The van der Waals surface area contributed by atoms with E-state index in [0.717, 1.165) is 0 Å². The SMILES string of the molecule is N[C@@H]1[C@@H](O)[C@@H](O[C@@H]2[C@H](O)[C@@H](O)[C@@H](N)C[C@H]2N)O[C@@H](CO)[C@H]1O. The summed E-state index contributed by atoms with van der Waals surface area (Å²) in [5.41, 5.74) is 17.2. The maximum Gasteiger partial charge on any atom is 0.186 e. The lowest BCUT2D eigenvalue weighted by atomic mass is 9.84. The highest BCUT2D eigenvalue weighted by Crippen LogP contribution is 2.27. The Kier molecular flexibility index (Phi) is 5.72. The minimum Gasteiger partial charge on any atom is -0.394 e. The van der Waals surface area contributed by atoms with Gasteiger partial charge in [0.05, 0.1) is 18.8 Å². The van der Waals surface area contributed by atoms with Gasteiger partial charge < -0.3 is 52.2 Å². The molecule has 1 aliphatic heterocycles. The summed E-state index contributed by atoms with van der Waals surface area (Å²) in [4.78, 5) is 0. The molecule has 0 radical (unpaired) electrons. The molecule has 0 bridgehead atoms. The molecule has 0 spiro atoms. The Morgan fingerprint density at radius 2 is 1.55 bits per heavy atom. The van der Waals surface area contributed by atoms with Gasteiger partial charge in [-0.05, 0) is 6.42 Å². The van der Waals surface area contributed by atoms with E-state index in [0.29, 0.717) is 0 Å². The van der Waals surface area contributed by atoms with Crippen LogP contribution in [0, 0.1) is 0 Å². The van der Waals surface area contributed by atoms with Gasteiger partial charge in [0, 0.05) is 12.1 Å². The summed E-state index contributed by atoms with van der Waals surface area (Å²) >= 11 is 0. The minimum atomic E-state index is -1.38. The number of rotatable bonds is 3. The first-order valence-corrected chi connectivity index (χ1v) is 7.18. The predicted octanol–water partition coefficient (Wildman–Crippen LogP) is -5.08. The molecular weight excluding hydrogens is 298 g/mol. The second kappa shape index (κ2) is 7.01. The van der Waals surface area contributed by atoms with Crippen molar-refractivity contribution in [2.45, 2.75) is 67.5 Å². The van der Waals surface area contributed by atoms with Crippen molar-refractivity contribution in [3.63, 3.8) is 0 Å². The van der Waals surface area contributed by atoms with Crippen molar-refractivity contribution >= 4 is 0 Å². The fourth-order valence-corrected chi connectivity index (χ4v) is 2.85. The van der Waals surface area contributed by atoms with E-state index >= 15 is 0 Å². The van der Waals surface area contributed by atoms with Gasteiger partial charge in [-0.3, -0.25) is 0 Å². The van der Waals surface area contributed by atoms with Crippen molar-refractivity contribution in [1.29, 1.82) is 0 Å². The van der Waals surface area contributed by atoms with Gasteiger partial charge in [-0.2, -0.15) is 0 Å². The van der Waals surface area contributed by atoms with Crippen molar-refractivity contribution < 1.29 is 35.0 Å². The predicted molar refractivity (Wildman–Crippen MR) is 73.2 cm³/mol. The third-order valence-corrected chi connectivity index (χ3v) is 4.32. The Bertz CT molecular complexity index is 375. The van der Waals surface area contributed by atoms with E-state index in [4.69, 9.17) is 31.8 Å². The Hall–Kier alpha value is -0.400. The largest absolute Gasteiger partial charge is 0.394 e. The standard InChI is InChI=1S/C12H25N3O7/c13-3-1-4(14)11(10(20)7(3)17)22-12-9(19)6(15)8(18)5(2-16)21-12/h3-12,16-20H,1-2,13-15H2/t3-,4+,5-,6-,7-,8+,9+,10+,11-,12+/m0/s1. The molecule has 0 amide bonds. The minimum absolute atomic E-state index is 0.212. The molecule has 0 aromatic rings. The van der Waals surface area contributed by atoms with E-state index < -0.39 is 67.6 Å². The molecule has 1 saturated heterocycles. The highest BCUT2D eigenvalue weighted by molar-refractivity contribution is 4.99. The Balaban J connectivity index is 2.08. The normalized spacial score (nSPS) is 53.5. The molecule has 11 N–H and O–H groups in total. The highest BCUT2D eigenvalue weighted by atomic mass is 16.7. The van der Waals surface area contributed by atoms with Crippen LogP contribution < -0.4 is 17.2 Å². The van der Waals surface area contributed by atoms with Gasteiger partial charge in [-0.1, -0.05) is 0 Å². The van der Waals surface area contributed by atoms with Gasteiger partial charge in [0.2, 0.25) is 0 Å². The highest BCUT2D eigenvalue weighted by Gasteiger charge is 2.48. The molecule has 10 atom stereocenters. The number of ether oxygens (including phenoxy) is 2. The molecule has 1 heterocycles. The molecule has 0 aromatic carbocycles. The number of aliphatic hydroxyl groups is 5. The quantitative estimate of drug-likeness (QED) is 0.248. The second-order valence-corrected chi connectivity index (χ2v) is 5.93. The monoisotopic (exact) mass is 323 g/mol. The van der Waals surface area contributed by atoms with E-state index in [9.17, 15) is 20.4 Å². The zero-order valence-corrected chi connectivity index (χ0v) is 12.0. The maximum absolute atomic E-state index is 10.0. The van der Waals surface area contributed by atoms with Gasteiger partial charge in [0.25, 0.3) is 0 Å². The summed E-state index contributed by atoms with van der Waals surface area (Å²) in [5.74, 6) is 0. The van der Waals surface area contributed by atoms with Crippen molar-refractivity contribution in [3.05, 3.63) is 0 Å². The van der Waals surface area contributed by atoms with Crippen LogP contribution in [-0.4, -0.2) is 93.2 Å². The Morgan fingerprint density at radius 3 is 2.14 bits per heavy atom. The fourth-order valence-electron chi connectivity index (χ4n) is 2.85. The zero-order valence-electron chi connectivity index (χ0n) is 12.0. The smallest absolute Gasteiger partial charge is 0.186 e. The molecule has 2 rings (SSSR count).